The second-order valence-electron chi connectivity index (χ2n) is 28.0. The van der Waals surface area contributed by atoms with Crippen LogP contribution in [-0.2, 0) is 16.2 Å². The Hall–Kier alpha value is -10.0. The largest absolute Gasteiger partial charge is 0.458 e. The van der Waals surface area contributed by atoms with Gasteiger partial charge in [-0.1, -0.05) is 263 Å². The van der Waals surface area contributed by atoms with Crippen molar-refractivity contribution in [3.63, 3.8) is 0 Å². The van der Waals surface area contributed by atoms with Crippen molar-refractivity contribution in [2.45, 2.75) is 78.6 Å². The highest BCUT2D eigenvalue weighted by atomic mass is 16.5. The Morgan fingerprint density at radius 1 is 0.267 bits per heavy atom. The first kappa shape index (κ1) is 55.3. The topological polar surface area (TPSA) is 24.9 Å². The average Bonchev–Trinajstić information content (AvgIpc) is 0.679. The molecular formula is C84H70B2N2O2. The van der Waals surface area contributed by atoms with Crippen molar-refractivity contribution >= 4 is 80.3 Å². The molecule has 0 saturated heterocycles. The molecule has 0 aromatic heterocycles. The monoisotopic (exact) mass is 1160 g/mol. The Labute approximate surface area is 531 Å². The molecule has 12 aromatic carbocycles. The summed E-state index contributed by atoms with van der Waals surface area (Å²) < 4.78 is 15.2. The van der Waals surface area contributed by atoms with Crippen LogP contribution in [0, 0.1) is 0 Å². The molecule has 0 fully saturated rings. The molecule has 0 N–H and O–H groups in total. The summed E-state index contributed by atoms with van der Waals surface area (Å²) in [4.78, 5) is 5.34. The Balaban J connectivity index is 1.13. The first-order valence-electron chi connectivity index (χ1n) is 31.9. The quantitative estimate of drug-likeness (QED) is 0.149. The molecule has 4 aliphatic heterocycles. The SMILES string of the molecule is CC(C)(C)c1cc(-c2ccccc2)c(N2c3ccc(-c4ccccc4)cc3B3c4cc5c6c(c4N(c4c(-c7ccccc7)cc(C(C)(C)C)cc4-c4ccccc4)c4cc(C(C)(C)C)cc2c43)Oc2ccccc2B6c2ccccc2O5)c(-c2ccccc2)c1. The molecule has 0 unspecified atom stereocenters. The second-order valence-corrected chi connectivity index (χ2v) is 28.0. The molecular weight excluding hydrogens is 1090 g/mol. The van der Waals surface area contributed by atoms with Gasteiger partial charge in [0.05, 0.1) is 17.1 Å². The fourth-order valence-electron chi connectivity index (χ4n) is 14.6. The van der Waals surface area contributed by atoms with Crippen LogP contribution in [0.4, 0.5) is 34.1 Å². The molecule has 90 heavy (non-hydrogen) atoms. The Morgan fingerprint density at radius 3 is 1.10 bits per heavy atom. The zero-order valence-electron chi connectivity index (χ0n) is 52.7. The lowest BCUT2D eigenvalue weighted by Gasteiger charge is -2.48. The molecule has 0 atom stereocenters. The van der Waals surface area contributed by atoms with Crippen LogP contribution in [0.1, 0.15) is 79.0 Å². The van der Waals surface area contributed by atoms with Crippen LogP contribution >= 0.6 is 0 Å². The molecule has 0 spiro atoms. The molecule has 4 heterocycles. The lowest BCUT2D eigenvalue weighted by atomic mass is 9.31. The summed E-state index contributed by atoms with van der Waals surface area (Å²) in [6.45, 7) is 20.7. The molecule has 0 radical (unpaired) electrons. The van der Waals surface area contributed by atoms with E-state index in [0.717, 1.165) is 123 Å². The van der Waals surface area contributed by atoms with Crippen LogP contribution in [0.15, 0.2) is 261 Å². The minimum atomic E-state index is -0.324. The zero-order chi connectivity index (χ0) is 61.4. The van der Waals surface area contributed by atoms with Gasteiger partial charge in [0.15, 0.2) is 0 Å². The van der Waals surface area contributed by atoms with Crippen molar-refractivity contribution in [1.29, 1.82) is 0 Å². The number of hydrogen-bond donors (Lipinski definition) is 0. The molecule has 4 nitrogen and oxygen atoms in total. The number of benzene rings is 12. The molecule has 0 bridgehead atoms. The van der Waals surface area contributed by atoms with E-state index in [-0.39, 0.29) is 29.7 Å². The van der Waals surface area contributed by atoms with Gasteiger partial charge in [0.1, 0.15) is 23.0 Å². The number of nitrogens with zero attached hydrogens (tertiary/aromatic N) is 2. The first-order chi connectivity index (χ1) is 43.6. The van der Waals surface area contributed by atoms with Crippen molar-refractivity contribution in [2.24, 2.45) is 0 Å². The van der Waals surface area contributed by atoms with Crippen molar-refractivity contribution < 1.29 is 9.47 Å². The number of fused-ring (bicyclic) bond motifs is 9. The van der Waals surface area contributed by atoms with Crippen molar-refractivity contribution in [2.75, 3.05) is 9.80 Å². The normalized spacial score (nSPS) is 13.5. The molecule has 0 amide bonds. The molecule has 0 aliphatic carbocycles. The minimum Gasteiger partial charge on any atom is -0.458 e. The smallest absolute Gasteiger partial charge is 0.260 e. The van der Waals surface area contributed by atoms with Gasteiger partial charge in [0.2, 0.25) is 0 Å². The van der Waals surface area contributed by atoms with E-state index in [0.29, 0.717) is 0 Å². The lowest BCUT2D eigenvalue weighted by Crippen LogP contribution is -2.63. The van der Waals surface area contributed by atoms with E-state index in [2.05, 4.69) is 333 Å². The summed E-state index contributed by atoms with van der Waals surface area (Å²) in [6.07, 6.45) is 0. The van der Waals surface area contributed by atoms with E-state index in [1.54, 1.807) is 0 Å². The lowest BCUT2D eigenvalue weighted by molar-refractivity contribution is 0.466. The van der Waals surface area contributed by atoms with Gasteiger partial charge in [0.25, 0.3) is 13.4 Å². The van der Waals surface area contributed by atoms with Gasteiger partial charge in [-0.05, 0) is 154 Å². The maximum Gasteiger partial charge on any atom is 0.260 e. The molecule has 0 saturated carbocycles. The number of para-hydroxylation sites is 2. The van der Waals surface area contributed by atoms with Crippen molar-refractivity contribution in [3.8, 4) is 78.6 Å². The number of anilines is 6. The first-order valence-corrected chi connectivity index (χ1v) is 31.9. The molecule has 12 aromatic rings. The number of ether oxygens (including phenoxy) is 2. The molecule has 4 aliphatic rings. The summed E-state index contributed by atoms with van der Waals surface area (Å²) in [5.41, 5.74) is 27.9. The fourth-order valence-corrected chi connectivity index (χ4v) is 14.6. The predicted octanol–water partition coefficient (Wildman–Crippen LogP) is 18.7. The highest BCUT2D eigenvalue weighted by Crippen LogP contribution is 2.57. The van der Waals surface area contributed by atoms with E-state index in [4.69, 9.17) is 9.47 Å². The van der Waals surface area contributed by atoms with Gasteiger partial charge < -0.3 is 19.3 Å². The van der Waals surface area contributed by atoms with Gasteiger partial charge in [0, 0.05) is 44.8 Å². The van der Waals surface area contributed by atoms with Gasteiger partial charge in [-0.2, -0.15) is 0 Å². The third kappa shape index (κ3) is 8.97. The van der Waals surface area contributed by atoms with Crippen LogP contribution in [-0.4, -0.2) is 13.4 Å². The third-order valence-electron chi connectivity index (χ3n) is 19.2. The standard InChI is InChI=1S/C84H70B2N2O2/c1-82(2,3)59-46-62(54-31-17-11-18-32-54)78(63(47-59)55-33-19-12-20-34-55)87-70-44-43-58(53-29-15-10-16-30-53)45-68(70)86-69-52-75-77-81(90-74-42-28-26-40-67(74)85(77)66-39-25-27-41-73(66)89-75)80(69)88(72-51-61(84(7,8)9)50-71(87)76(72)86)79-64(56-35-21-13-22-36-56)48-60(83(4,5)6)49-65(79)57-37-23-14-24-38-57/h10-52H,1-9H3. The van der Waals surface area contributed by atoms with Crippen molar-refractivity contribution in [3.05, 3.63) is 278 Å². The third-order valence-corrected chi connectivity index (χ3v) is 19.2. The predicted molar refractivity (Wildman–Crippen MR) is 381 cm³/mol. The van der Waals surface area contributed by atoms with Crippen molar-refractivity contribution in [1.82, 2.24) is 0 Å². The van der Waals surface area contributed by atoms with Gasteiger partial charge in [-0.15, -0.1) is 0 Å². The maximum atomic E-state index is 7.82. The van der Waals surface area contributed by atoms with Gasteiger partial charge >= 0.3 is 0 Å². The maximum absolute atomic E-state index is 7.82. The van der Waals surface area contributed by atoms with E-state index in [1.807, 2.05) is 0 Å². The fraction of sp³-hybridized carbons (Fsp3) is 0.143. The Bertz CT molecular complexity index is 4700. The molecule has 6 heteroatoms. The minimum absolute atomic E-state index is 0.164. The van der Waals surface area contributed by atoms with E-state index in [9.17, 15) is 0 Å². The van der Waals surface area contributed by atoms with E-state index >= 15 is 0 Å². The summed E-state index contributed by atoms with van der Waals surface area (Å²) in [5, 5.41) is 0. The Kier molecular flexibility index (Phi) is 12.8. The highest BCUT2D eigenvalue weighted by Gasteiger charge is 2.51. The zero-order valence-corrected chi connectivity index (χ0v) is 52.7. The number of rotatable bonds is 7. The van der Waals surface area contributed by atoms with Gasteiger partial charge in [-0.3, -0.25) is 0 Å². The van der Waals surface area contributed by atoms with Crippen LogP contribution < -0.4 is 52.1 Å². The highest BCUT2D eigenvalue weighted by molar-refractivity contribution is 7.02. The van der Waals surface area contributed by atoms with Crippen LogP contribution in [0.5, 0.6) is 23.0 Å². The molecule has 16 rings (SSSR count). The summed E-state index contributed by atoms with van der Waals surface area (Å²) >= 11 is 0. The van der Waals surface area contributed by atoms with Crippen LogP contribution in [0.3, 0.4) is 0 Å². The van der Waals surface area contributed by atoms with E-state index in [1.165, 1.54) is 38.7 Å². The Morgan fingerprint density at radius 2 is 0.644 bits per heavy atom. The van der Waals surface area contributed by atoms with Gasteiger partial charge in [-0.25, -0.2) is 0 Å². The van der Waals surface area contributed by atoms with Crippen LogP contribution in [0.25, 0.3) is 55.6 Å². The summed E-state index contributed by atoms with van der Waals surface area (Å²) in [6, 6.07) is 97.3. The summed E-state index contributed by atoms with van der Waals surface area (Å²) in [7, 11) is 0. The second kappa shape index (κ2) is 20.8. The average molecular weight is 1160 g/mol. The molecule has 434 valence electrons. The van der Waals surface area contributed by atoms with Crippen LogP contribution in [0.2, 0.25) is 0 Å². The van der Waals surface area contributed by atoms with E-state index < -0.39 is 0 Å². The summed E-state index contributed by atoms with van der Waals surface area (Å²) in [5.74, 6) is 3.33. The number of hydrogen-bond acceptors (Lipinski definition) is 4.